The number of carbonyl (C=O) groups is 2. The molecule has 0 aromatic rings. The van der Waals surface area contributed by atoms with E-state index in [1.54, 1.807) is 12.2 Å². The van der Waals surface area contributed by atoms with Gasteiger partial charge in [0.2, 0.25) is 5.91 Å². The van der Waals surface area contributed by atoms with Gasteiger partial charge in [0.05, 0.1) is 13.2 Å². The summed E-state index contributed by atoms with van der Waals surface area (Å²) in [7, 11) is 0. The van der Waals surface area contributed by atoms with Gasteiger partial charge < -0.3 is 10.6 Å². The van der Waals surface area contributed by atoms with E-state index >= 15 is 0 Å². The lowest BCUT2D eigenvalue weighted by molar-refractivity contribution is -0.121. The molecule has 2 N–H and O–H groups in total. The average molecular weight is 349 g/mol. The van der Waals surface area contributed by atoms with Crippen molar-refractivity contribution in [2.75, 3.05) is 13.2 Å². The Morgan fingerprint density at radius 2 is 2.47 bits per heavy atom. The fourth-order valence-electron chi connectivity index (χ4n) is 1.90. The number of primary amides is 1. The highest BCUT2D eigenvalue weighted by atomic mass is 127. The number of nitrogens with two attached hydrogens (primary N) is 1. The van der Waals surface area contributed by atoms with Crippen molar-refractivity contribution in [2.24, 2.45) is 5.73 Å². The standard InChI is InChI=1S/C10H12IN3O3/c1-2-3-17-14-8-5-13(10(14)16)7(9(12)15)4-6(8)11/h2,4,7-8H,1,3,5H2,(H2,12,15)/t7?,8-/m0/s1. The molecule has 1 saturated heterocycles. The Balaban J connectivity index is 2.24. The zero-order valence-corrected chi connectivity index (χ0v) is 11.2. The molecule has 2 rings (SSSR count). The summed E-state index contributed by atoms with van der Waals surface area (Å²) >= 11 is 2.10. The van der Waals surface area contributed by atoms with Crippen LogP contribution in [-0.4, -0.2) is 47.1 Å². The number of rotatable bonds is 4. The Bertz CT molecular complexity index is 410. The van der Waals surface area contributed by atoms with Crippen LogP contribution in [0.3, 0.4) is 0 Å². The Morgan fingerprint density at radius 1 is 1.76 bits per heavy atom. The van der Waals surface area contributed by atoms with Crippen LogP contribution in [0.4, 0.5) is 4.79 Å². The summed E-state index contributed by atoms with van der Waals surface area (Å²) < 4.78 is 0.887. The molecule has 3 amide bonds. The zero-order valence-electron chi connectivity index (χ0n) is 9.01. The second-order valence-electron chi connectivity index (χ2n) is 3.76. The normalized spacial score (nSPS) is 27.1. The number of carbonyl (C=O) groups excluding carboxylic acids is 2. The lowest BCUT2D eigenvalue weighted by Gasteiger charge is -2.25. The Labute approximate surface area is 112 Å². The fraction of sp³-hybridized carbons (Fsp3) is 0.400. The summed E-state index contributed by atoms with van der Waals surface area (Å²) in [6.07, 6.45) is 3.26. The third-order valence-electron chi connectivity index (χ3n) is 2.68. The Hall–Kier alpha value is -1.09. The zero-order chi connectivity index (χ0) is 12.6. The number of hydrogen-bond acceptors (Lipinski definition) is 3. The Kier molecular flexibility index (Phi) is 3.38. The summed E-state index contributed by atoms with van der Waals surface area (Å²) in [5.74, 6) is -0.531. The van der Waals surface area contributed by atoms with Crippen LogP contribution in [-0.2, 0) is 9.63 Å². The van der Waals surface area contributed by atoms with Crippen LogP contribution in [0.1, 0.15) is 0 Å². The quantitative estimate of drug-likeness (QED) is 0.590. The van der Waals surface area contributed by atoms with Crippen LogP contribution in [0.15, 0.2) is 22.3 Å². The molecule has 2 atom stereocenters. The van der Waals surface area contributed by atoms with Crippen LogP contribution in [0, 0.1) is 0 Å². The molecule has 2 aliphatic rings. The van der Waals surface area contributed by atoms with Crippen LogP contribution < -0.4 is 5.73 Å². The number of hydroxylamine groups is 2. The van der Waals surface area contributed by atoms with Gasteiger partial charge in [0, 0.05) is 3.58 Å². The molecule has 1 unspecified atom stereocenters. The predicted octanol–water partition coefficient (Wildman–Crippen LogP) is 0.397. The van der Waals surface area contributed by atoms with E-state index in [1.807, 2.05) is 0 Å². The molecule has 0 aromatic heterocycles. The van der Waals surface area contributed by atoms with E-state index in [9.17, 15) is 9.59 Å². The molecule has 0 radical (unpaired) electrons. The van der Waals surface area contributed by atoms with Gasteiger partial charge >= 0.3 is 6.03 Å². The summed E-state index contributed by atoms with van der Waals surface area (Å²) in [5, 5.41) is 1.28. The molecule has 6 nitrogen and oxygen atoms in total. The van der Waals surface area contributed by atoms with Crippen molar-refractivity contribution < 1.29 is 14.4 Å². The smallest absolute Gasteiger partial charge is 0.345 e. The molecule has 17 heavy (non-hydrogen) atoms. The predicted molar refractivity (Wildman–Crippen MR) is 69.0 cm³/mol. The third kappa shape index (κ3) is 2.04. The molecule has 2 heterocycles. The first-order valence-electron chi connectivity index (χ1n) is 5.06. The van der Waals surface area contributed by atoms with Crippen LogP contribution >= 0.6 is 22.6 Å². The molecular formula is C10H12IN3O3. The Morgan fingerprint density at radius 3 is 3.06 bits per heavy atom. The van der Waals surface area contributed by atoms with Gasteiger partial charge in [-0.25, -0.2) is 4.79 Å². The molecule has 0 spiro atoms. The number of nitrogens with zero attached hydrogens (tertiary/aromatic N) is 2. The lowest BCUT2D eigenvalue weighted by atomic mass is 10.1. The first kappa shape index (κ1) is 12.4. The second kappa shape index (κ2) is 4.65. The number of fused-ring (bicyclic) bond motifs is 2. The van der Waals surface area contributed by atoms with Crippen molar-refractivity contribution in [3.05, 3.63) is 22.3 Å². The van der Waals surface area contributed by atoms with Crippen molar-refractivity contribution in [1.29, 1.82) is 0 Å². The first-order chi connectivity index (χ1) is 8.06. The topological polar surface area (TPSA) is 75.9 Å². The van der Waals surface area contributed by atoms with Gasteiger partial charge in [-0.05, 0) is 28.7 Å². The maximum Gasteiger partial charge on any atom is 0.345 e. The molecule has 0 saturated carbocycles. The molecule has 2 bridgehead atoms. The first-order valence-corrected chi connectivity index (χ1v) is 6.14. The molecule has 0 aliphatic carbocycles. The van der Waals surface area contributed by atoms with E-state index in [4.69, 9.17) is 10.6 Å². The summed E-state index contributed by atoms with van der Waals surface area (Å²) in [4.78, 5) is 30.0. The van der Waals surface area contributed by atoms with E-state index in [1.165, 1.54) is 9.96 Å². The number of amides is 3. The third-order valence-corrected chi connectivity index (χ3v) is 3.76. The van der Waals surface area contributed by atoms with Crippen molar-refractivity contribution in [3.8, 4) is 0 Å². The van der Waals surface area contributed by atoms with Crippen LogP contribution in [0.25, 0.3) is 0 Å². The van der Waals surface area contributed by atoms with E-state index in [-0.39, 0.29) is 18.7 Å². The fourth-order valence-corrected chi connectivity index (χ4v) is 2.69. The minimum absolute atomic E-state index is 0.154. The highest BCUT2D eigenvalue weighted by Crippen LogP contribution is 2.33. The number of hydrogen-bond donors (Lipinski definition) is 1. The largest absolute Gasteiger partial charge is 0.368 e. The molecule has 1 fully saturated rings. The van der Waals surface area contributed by atoms with Gasteiger partial charge in [-0.1, -0.05) is 6.08 Å². The second-order valence-corrected chi connectivity index (χ2v) is 5.01. The van der Waals surface area contributed by atoms with Crippen molar-refractivity contribution in [3.63, 3.8) is 0 Å². The van der Waals surface area contributed by atoms with Gasteiger partial charge in [-0.3, -0.25) is 9.63 Å². The average Bonchev–Trinajstić information content (AvgIpc) is 2.56. The molecule has 7 heteroatoms. The van der Waals surface area contributed by atoms with Crippen molar-refractivity contribution in [2.45, 2.75) is 12.1 Å². The van der Waals surface area contributed by atoms with Gasteiger partial charge in [0.25, 0.3) is 0 Å². The molecular weight excluding hydrogens is 337 g/mol. The van der Waals surface area contributed by atoms with Gasteiger partial charge in [0.15, 0.2) is 0 Å². The van der Waals surface area contributed by atoms with Crippen molar-refractivity contribution in [1.82, 2.24) is 9.96 Å². The van der Waals surface area contributed by atoms with Gasteiger partial charge in [0.1, 0.15) is 12.1 Å². The maximum atomic E-state index is 12.0. The number of urea groups is 1. The summed E-state index contributed by atoms with van der Waals surface area (Å²) in [6, 6.07) is -1.16. The highest BCUT2D eigenvalue weighted by Gasteiger charge is 2.47. The van der Waals surface area contributed by atoms with E-state index in [0.717, 1.165) is 3.58 Å². The molecule has 92 valence electrons. The lowest BCUT2D eigenvalue weighted by Crippen LogP contribution is -2.46. The highest BCUT2D eigenvalue weighted by molar-refractivity contribution is 14.1. The van der Waals surface area contributed by atoms with Crippen LogP contribution in [0.2, 0.25) is 0 Å². The monoisotopic (exact) mass is 349 g/mol. The summed E-state index contributed by atoms with van der Waals surface area (Å²) in [6.45, 7) is 4.21. The maximum absolute atomic E-state index is 12.0. The van der Waals surface area contributed by atoms with E-state index in [0.29, 0.717) is 6.54 Å². The minimum Gasteiger partial charge on any atom is -0.368 e. The van der Waals surface area contributed by atoms with E-state index in [2.05, 4.69) is 29.2 Å². The van der Waals surface area contributed by atoms with Crippen LogP contribution in [0.5, 0.6) is 0 Å². The van der Waals surface area contributed by atoms with Gasteiger partial charge in [-0.15, -0.1) is 6.58 Å². The summed E-state index contributed by atoms with van der Waals surface area (Å²) in [5.41, 5.74) is 5.27. The molecule has 0 aromatic carbocycles. The number of halogens is 1. The minimum atomic E-state index is -0.678. The SMILES string of the molecule is C=CCON1C(=O)N2C[C@H]1C(I)=CC2C(N)=O. The molecule has 2 aliphatic heterocycles. The van der Waals surface area contributed by atoms with Crippen molar-refractivity contribution >= 4 is 34.5 Å². The van der Waals surface area contributed by atoms with E-state index < -0.39 is 11.9 Å². The van der Waals surface area contributed by atoms with Gasteiger partial charge in [-0.2, -0.15) is 5.06 Å².